The molecule has 1 aromatic heterocycles. The summed E-state index contributed by atoms with van der Waals surface area (Å²) in [5.41, 5.74) is 0.284. The summed E-state index contributed by atoms with van der Waals surface area (Å²) in [5.74, 6) is -1.67. The quantitative estimate of drug-likeness (QED) is 0.372. The first-order chi connectivity index (χ1) is 12.2. The summed E-state index contributed by atoms with van der Waals surface area (Å²) in [7, 11) is 0. The molecular formula is C19H15NO5. The third-order valence-corrected chi connectivity index (χ3v) is 4.54. The van der Waals surface area contributed by atoms with Crippen molar-refractivity contribution < 1.29 is 23.5 Å². The van der Waals surface area contributed by atoms with Crippen LogP contribution in [-0.4, -0.2) is 17.8 Å². The van der Waals surface area contributed by atoms with Crippen LogP contribution in [0.5, 0.6) is 5.75 Å². The predicted octanol–water partition coefficient (Wildman–Crippen LogP) is 2.95. The maximum atomic E-state index is 12.7. The predicted molar refractivity (Wildman–Crippen MR) is 88.0 cm³/mol. The lowest BCUT2D eigenvalue weighted by Gasteiger charge is -2.18. The number of carbonyl (C=O) groups excluding carboxylic acids is 3. The molecule has 2 aliphatic rings. The number of esters is 1. The summed E-state index contributed by atoms with van der Waals surface area (Å²) < 4.78 is 10.4. The second-order valence-electron chi connectivity index (χ2n) is 6.00. The number of nitrogens with zero attached hydrogens (tertiary/aromatic N) is 1. The Morgan fingerprint density at radius 2 is 1.68 bits per heavy atom. The number of amides is 2. The zero-order valence-electron chi connectivity index (χ0n) is 13.3. The number of rotatable bonds is 3. The fourth-order valence-electron chi connectivity index (χ4n) is 3.31. The Kier molecular flexibility index (Phi) is 3.72. The van der Waals surface area contributed by atoms with Crippen molar-refractivity contribution in [3.8, 4) is 5.75 Å². The zero-order valence-corrected chi connectivity index (χ0v) is 13.3. The first-order valence-corrected chi connectivity index (χ1v) is 8.04. The van der Waals surface area contributed by atoms with E-state index in [9.17, 15) is 14.4 Å². The van der Waals surface area contributed by atoms with Gasteiger partial charge in [0.15, 0.2) is 5.75 Å². The lowest BCUT2D eigenvalue weighted by atomic mass is 9.85. The summed E-state index contributed by atoms with van der Waals surface area (Å²) in [6, 6.07) is 9.58. The third-order valence-electron chi connectivity index (χ3n) is 4.54. The summed E-state index contributed by atoms with van der Waals surface area (Å²) in [6.07, 6.45) is 6.34. The number of carbonyl (C=O) groups is 3. The molecule has 2 atom stereocenters. The SMILES string of the molecule is O=C(Oc1ccccc1N1C(=O)[C@H]2CC=CC[C@H]2C1=O)c1ccco1. The molecule has 0 bridgehead atoms. The summed E-state index contributed by atoms with van der Waals surface area (Å²) >= 11 is 0. The van der Waals surface area contributed by atoms with Crippen LogP contribution >= 0.6 is 0 Å². The average Bonchev–Trinajstić information content (AvgIpc) is 3.25. The van der Waals surface area contributed by atoms with Crippen LogP contribution in [0.1, 0.15) is 23.4 Å². The van der Waals surface area contributed by atoms with Crippen molar-refractivity contribution in [3.05, 3.63) is 60.6 Å². The van der Waals surface area contributed by atoms with E-state index in [0.29, 0.717) is 12.8 Å². The number of ether oxygens (including phenoxy) is 1. The minimum atomic E-state index is -0.685. The third kappa shape index (κ3) is 2.55. The molecule has 1 fully saturated rings. The van der Waals surface area contributed by atoms with E-state index in [1.165, 1.54) is 12.3 Å². The molecule has 2 heterocycles. The van der Waals surface area contributed by atoms with E-state index < -0.39 is 5.97 Å². The van der Waals surface area contributed by atoms with Gasteiger partial charge in [-0.3, -0.25) is 9.59 Å². The Morgan fingerprint density at radius 3 is 2.32 bits per heavy atom. The van der Waals surface area contributed by atoms with Crippen LogP contribution < -0.4 is 9.64 Å². The second-order valence-corrected chi connectivity index (χ2v) is 6.00. The molecule has 0 saturated carbocycles. The van der Waals surface area contributed by atoms with Gasteiger partial charge in [-0.25, -0.2) is 9.69 Å². The molecule has 0 spiro atoms. The van der Waals surface area contributed by atoms with E-state index in [0.717, 1.165) is 4.90 Å². The van der Waals surface area contributed by atoms with Gasteiger partial charge < -0.3 is 9.15 Å². The van der Waals surface area contributed by atoms with Crippen molar-refractivity contribution in [2.75, 3.05) is 4.90 Å². The molecule has 2 aromatic rings. The highest BCUT2D eigenvalue weighted by Crippen LogP contribution is 2.40. The minimum absolute atomic E-state index is 0.0479. The van der Waals surface area contributed by atoms with Gasteiger partial charge in [0.1, 0.15) is 0 Å². The van der Waals surface area contributed by atoms with Gasteiger partial charge in [-0.2, -0.15) is 0 Å². The number of furan rings is 1. The van der Waals surface area contributed by atoms with Crippen molar-refractivity contribution in [3.63, 3.8) is 0 Å². The van der Waals surface area contributed by atoms with E-state index >= 15 is 0 Å². The van der Waals surface area contributed by atoms with Gasteiger partial charge in [0.25, 0.3) is 0 Å². The van der Waals surface area contributed by atoms with Gasteiger partial charge in [-0.1, -0.05) is 24.3 Å². The van der Waals surface area contributed by atoms with Crippen molar-refractivity contribution in [1.29, 1.82) is 0 Å². The zero-order chi connectivity index (χ0) is 17.4. The molecule has 1 aromatic carbocycles. The molecule has 6 nitrogen and oxygen atoms in total. The molecule has 0 radical (unpaired) electrons. The summed E-state index contributed by atoms with van der Waals surface area (Å²) in [6.45, 7) is 0. The van der Waals surface area contributed by atoms with Gasteiger partial charge in [-0.05, 0) is 37.1 Å². The highest BCUT2D eigenvalue weighted by Gasteiger charge is 2.48. The largest absolute Gasteiger partial charge is 0.457 e. The number of para-hydroxylation sites is 2. The number of hydrogen-bond acceptors (Lipinski definition) is 5. The number of fused-ring (bicyclic) bond motifs is 1. The van der Waals surface area contributed by atoms with Crippen molar-refractivity contribution in [2.24, 2.45) is 11.8 Å². The second kappa shape index (κ2) is 6.05. The van der Waals surface area contributed by atoms with Crippen molar-refractivity contribution in [2.45, 2.75) is 12.8 Å². The fourth-order valence-corrected chi connectivity index (χ4v) is 3.31. The normalized spacial score (nSPS) is 22.2. The van der Waals surface area contributed by atoms with Gasteiger partial charge in [0.05, 0.1) is 23.8 Å². The minimum Gasteiger partial charge on any atom is -0.457 e. The molecule has 1 saturated heterocycles. The average molecular weight is 337 g/mol. The number of imide groups is 1. The first kappa shape index (κ1) is 15.4. The molecule has 2 amide bonds. The van der Waals surface area contributed by atoms with Gasteiger partial charge in [0.2, 0.25) is 17.6 Å². The first-order valence-electron chi connectivity index (χ1n) is 8.04. The highest BCUT2D eigenvalue weighted by molar-refractivity contribution is 6.23. The molecule has 25 heavy (non-hydrogen) atoms. The maximum Gasteiger partial charge on any atom is 0.379 e. The fraction of sp³-hybridized carbons (Fsp3) is 0.211. The summed E-state index contributed by atoms with van der Waals surface area (Å²) in [5, 5.41) is 0. The lowest BCUT2D eigenvalue weighted by Crippen LogP contribution is -2.31. The Balaban J connectivity index is 1.66. The molecule has 0 N–H and O–H groups in total. The highest BCUT2D eigenvalue weighted by atomic mass is 16.5. The smallest absolute Gasteiger partial charge is 0.379 e. The summed E-state index contributed by atoms with van der Waals surface area (Å²) in [4.78, 5) is 38.7. The number of anilines is 1. The maximum absolute atomic E-state index is 12.7. The number of benzene rings is 1. The van der Waals surface area contributed by atoms with E-state index in [2.05, 4.69) is 0 Å². The van der Waals surface area contributed by atoms with Crippen LogP contribution in [0.3, 0.4) is 0 Å². The Hall–Kier alpha value is -3.15. The van der Waals surface area contributed by atoms with Crippen LogP contribution in [0, 0.1) is 11.8 Å². The molecule has 1 aliphatic heterocycles. The molecule has 126 valence electrons. The van der Waals surface area contributed by atoms with E-state index in [1.807, 2.05) is 12.2 Å². The van der Waals surface area contributed by atoms with Gasteiger partial charge in [-0.15, -0.1) is 0 Å². The lowest BCUT2D eigenvalue weighted by molar-refractivity contribution is -0.122. The monoisotopic (exact) mass is 337 g/mol. The Morgan fingerprint density at radius 1 is 1.00 bits per heavy atom. The van der Waals surface area contributed by atoms with Crippen LogP contribution in [0.2, 0.25) is 0 Å². The van der Waals surface area contributed by atoms with Crippen LogP contribution in [-0.2, 0) is 9.59 Å². The van der Waals surface area contributed by atoms with E-state index in [4.69, 9.17) is 9.15 Å². The molecule has 4 rings (SSSR count). The van der Waals surface area contributed by atoms with E-state index in [1.54, 1.807) is 30.3 Å². The Labute approximate surface area is 143 Å². The van der Waals surface area contributed by atoms with Crippen molar-refractivity contribution >= 4 is 23.5 Å². The topological polar surface area (TPSA) is 76.8 Å². The number of allylic oxidation sites excluding steroid dienone is 2. The van der Waals surface area contributed by atoms with Gasteiger partial charge in [0, 0.05) is 0 Å². The van der Waals surface area contributed by atoms with Crippen LogP contribution in [0.25, 0.3) is 0 Å². The standard InChI is InChI=1S/C19H15NO5/c21-17-12-6-1-2-7-13(12)18(22)20(17)14-8-3-4-9-15(14)25-19(23)16-10-5-11-24-16/h1-5,8-13H,6-7H2/t12-,13+. The van der Waals surface area contributed by atoms with E-state index in [-0.39, 0.29) is 40.8 Å². The Bertz CT molecular complexity index is 842. The van der Waals surface area contributed by atoms with Gasteiger partial charge >= 0.3 is 5.97 Å². The van der Waals surface area contributed by atoms with Crippen LogP contribution in [0.4, 0.5) is 5.69 Å². The number of hydrogen-bond donors (Lipinski definition) is 0. The molecule has 6 heteroatoms. The van der Waals surface area contributed by atoms with Crippen LogP contribution in [0.15, 0.2) is 59.2 Å². The molecular weight excluding hydrogens is 322 g/mol. The molecule has 0 unspecified atom stereocenters. The van der Waals surface area contributed by atoms with Crippen molar-refractivity contribution in [1.82, 2.24) is 0 Å². The molecule has 1 aliphatic carbocycles.